The van der Waals surface area contributed by atoms with Crippen LogP contribution >= 0.6 is 0 Å². The number of hydrogen-bond donors (Lipinski definition) is 2. The SMILES string of the molecule is Cc1cn(CC(=O)N[C@H](C)c2cnn(-c3cccc(F)c3)c2C)c(=O)[nH]c1=O. The molecule has 1 atom stereocenters. The van der Waals surface area contributed by atoms with Gasteiger partial charge in [-0.05, 0) is 39.0 Å². The highest BCUT2D eigenvalue weighted by atomic mass is 19.1. The molecule has 0 aliphatic carbocycles. The van der Waals surface area contributed by atoms with Crippen LogP contribution in [0.5, 0.6) is 0 Å². The average Bonchev–Trinajstić information content (AvgIpc) is 3.01. The van der Waals surface area contributed by atoms with Gasteiger partial charge >= 0.3 is 5.69 Å². The molecule has 0 aliphatic rings. The molecule has 0 saturated carbocycles. The van der Waals surface area contributed by atoms with Gasteiger partial charge in [0.05, 0.1) is 17.9 Å². The summed E-state index contributed by atoms with van der Waals surface area (Å²) in [4.78, 5) is 37.7. The predicted molar refractivity (Wildman–Crippen MR) is 101 cm³/mol. The molecule has 2 heterocycles. The Morgan fingerprint density at radius 2 is 2.07 bits per heavy atom. The fourth-order valence-electron chi connectivity index (χ4n) is 2.97. The molecule has 146 valence electrons. The first-order valence-corrected chi connectivity index (χ1v) is 8.66. The number of hydrogen-bond acceptors (Lipinski definition) is 4. The Labute approximate surface area is 159 Å². The molecule has 2 aromatic heterocycles. The third kappa shape index (κ3) is 3.93. The lowest BCUT2D eigenvalue weighted by atomic mass is 10.1. The second-order valence-electron chi connectivity index (χ2n) is 6.57. The highest BCUT2D eigenvalue weighted by Gasteiger charge is 2.17. The van der Waals surface area contributed by atoms with Crippen LogP contribution in [-0.4, -0.2) is 25.2 Å². The summed E-state index contributed by atoms with van der Waals surface area (Å²) >= 11 is 0. The number of rotatable bonds is 5. The summed E-state index contributed by atoms with van der Waals surface area (Å²) in [5.74, 6) is -0.754. The van der Waals surface area contributed by atoms with Crippen LogP contribution in [0.4, 0.5) is 4.39 Å². The predicted octanol–water partition coefficient (Wildman–Crippen LogP) is 1.36. The molecule has 3 aromatic rings. The third-order valence-electron chi connectivity index (χ3n) is 4.45. The van der Waals surface area contributed by atoms with Gasteiger partial charge in [0.1, 0.15) is 12.4 Å². The molecule has 0 unspecified atom stereocenters. The van der Waals surface area contributed by atoms with Crippen LogP contribution in [0.15, 0.2) is 46.2 Å². The molecule has 0 fully saturated rings. The molecule has 0 saturated heterocycles. The molecule has 3 rings (SSSR count). The smallest absolute Gasteiger partial charge is 0.328 e. The minimum absolute atomic E-state index is 0.224. The number of aromatic nitrogens is 4. The first-order valence-electron chi connectivity index (χ1n) is 8.66. The first-order chi connectivity index (χ1) is 13.3. The van der Waals surface area contributed by atoms with E-state index in [0.29, 0.717) is 11.3 Å². The highest BCUT2D eigenvalue weighted by Crippen LogP contribution is 2.20. The molecule has 1 aromatic carbocycles. The molecule has 0 bridgehead atoms. The maximum Gasteiger partial charge on any atom is 0.328 e. The number of nitrogens with one attached hydrogen (secondary N) is 2. The number of halogens is 1. The number of carbonyl (C=O) groups excluding carboxylic acids is 1. The zero-order valence-corrected chi connectivity index (χ0v) is 15.7. The highest BCUT2D eigenvalue weighted by molar-refractivity contribution is 5.76. The van der Waals surface area contributed by atoms with Crippen molar-refractivity contribution < 1.29 is 9.18 Å². The molecule has 28 heavy (non-hydrogen) atoms. The summed E-state index contributed by atoms with van der Waals surface area (Å²) in [6.07, 6.45) is 2.96. The van der Waals surface area contributed by atoms with Crippen LogP contribution < -0.4 is 16.6 Å². The monoisotopic (exact) mass is 385 g/mol. The number of aromatic amines is 1. The third-order valence-corrected chi connectivity index (χ3v) is 4.45. The zero-order chi connectivity index (χ0) is 20.4. The molecule has 0 aliphatic heterocycles. The Morgan fingerprint density at radius 1 is 1.32 bits per heavy atom. The first kappa shape index (κ1) is 19.3. The van der Waals surface area contributed by atoms with E-state index in [0.717, 1.165) is 15.8 Å². The van der Waals surface area contributed by atoms with E-state index < -0.39 is 11.2 Å². The van der Waals surface area contributed by atoms with Crippen LogP contribution in [0, 0.1) is 19.7 Å². The van der Waals surface area contributed by atoms with Crippen molar-refractivity contribution in [3.8, 4) is 5.69 Å². The summed E-state index contributed by atoms with van der Waals surface area (Å²) in [6.45, 7) is 4.95. The molecule has 1 amide bonds. The second-order valence-corrected chi connectivity index (χ2v) is 6.57. The van der Waals surface area contributed by atoms with Gasteiger partial charge < -0.3 is 5.32 Å². The number of aryl methyl sites for hydroxylation is 1. The Bertz CT molecular complexity index is 1140. The maximum absolute atomic E-state index is 13.5. The Balaban J connectivity index is 1.76. The van der Waals surface area contributed by atoms with Gasteiger partial charge in [0.25, 0.3) is 5.56 Å². The van der Waals surface area contributed by atoms with Gasteiger partial charge in [-0.2, -0.15) is 5.10 Å². The molecule has 8 nitrogen and oxygen atoms in total. The molecule has 0 spiro atoms. The molecule has 0 radical (unpaired) electrons. The summed E-state index contributed by atoms with van der Waals surface area (Å²) in [7, 11) is 0. The van der Waals surface area contributed by atoms with Crippen LogP contribution in [0.25, 0.3) is 5.69 Å². The van der Waals surface area contributed by atoms with Gasteiger partial charge in [-0.3, -0.25) is 19.1 Å². The molecule has 2 N–H and O–H groups in total. The van der Waals surface area contributed by atoms with Crippen molar-refractivity contribution in [2.75, 3.05) is 0 Å². The van der Waals surface area contributed by atoms with E-state index in [1.807, 2.05) is 6.92 Å². The van der Waals surface area contributed by atoms with Crippen molar-refractivity contribution in [2.45, 2.75) is 33.4 Å². The lowest BCUT2D eigenvalue weighted by Crippen LogP contribution is -2.37. The molecule has 9 heteroatoms. The van der Waals surface area contributed by atoms with E-state index >= 15 is 0 Å². The van der Waals surface area contributed by atoms with E-state index in [-0.39, 0.29) is 24.3 Å². The second kappa shape index (κ2) is 7.63. The van der Waals surface area contributed by atoms with Crippen molar-refractivity contribution in [3.05, 3.63) is 80.1 Å². The van der Waals surface area contributed by atoms with Gasteiger partial charge in [0.2, 0.25) is 5.91 Å². The Hall–Kier alpha value is -3.49. The van der Waals surface area contributed by atoms with Crippen LogP contribution in [0.2, 0.25) is 0 Å². The van der Waals surface area contributed by atoms with Crippen molar-refractivity contribution in [1.82, 2.24) is 24.6 Å². The van der Waals surface area contributed by atoms with E-state index in [2.05, 4.69) is 15.4 Å². The number of amides is 1. The number of carbonyl (C=O) groups is 1. The van der Waals surface area contributed by atoms with Crippen molar-refractivity contribution in [1.29, 1.82) is 0 Å². The Kier molecular flexibility index (Phi) is 5.25. The average molecular weight is 385 g/mol. The summed E-state index contributed by atoms with van der Waals surface area (Å²) < 4.78 is 16.2. The quantitative estimate of drug-likeness (QED) is 0.692. The minimum atomic E-state index is -0.645. The van der Waals surface area contributed by atoms with Gasteiger partial charge in [0, 0.05) is 23.0 Å². The van der Waals surface area contributed by atoms with Gasteiger partial charge in [-0.15, -0.1) is 0 Å². The topological polar surface area (TPSA) is 102 Å². The summed E-state index contributed by atoms with van der Waals surface area (Å²) in [5, 5.41) is 7.08. The summed E-state index contributed by atoms with van der Waals surface area (Å²) in [6, 6.07) is 5.68. The number of benzene rings is 1. The zero-order valence-electron chi connectivity index (χ0n) is 15.7. The van der Waals surface area contributed by atoms with E-state index in [9.17, 15) is 18.8 Å². The van der Waals surface area contributed by atoms with Crippen molar-refractivity contribution in [3.63, 3.8) is 0 Å². The van der Waals surface area contributed by atoms with Gasteiger partial charge in [0.15, 0.2) is 0 Å². The lowest BCUT2D eigenvalue weighted by molar-refractivity contribution is -0.122. The number of H-pyrrole nitrogens is 1. The summed E-state index contributed by atoms with van der Waals surface area (Å²) in [5.41, 5.74) is 1.33. The standard InChI is InChI=1S/C19H20FN5O3/c1-11-9-24(19(28)23-18(11)27)10-17(26)22-12(2)16-8-21-25(13(16)3)15-6-4-5-14(20)7-15/h4-9,12H,10H2,1-3H3,(H,22,26)(H,23,27,28)/t12-/m1/s1. The van der Waals surface area contributed by atoms with Crippen molar-refractivity contribution >= 4 is 5.91 Å². The Morgan fingerprint density at radius 3 is 2.79 bits per heavy atom. The van der Waals surface area contributed by atoms with Gasteiger partial charge in [-0.1, -0.05) is 6.07 Å². The number of nitrogens with zero attached hydrogens (tertiary/aromatic N) is 3. The van der Waals surface area contributed by atoms with Gasteiger partial charge in [-0.25, -0.2) is 13.9 Å². The van der Waals surface area contributed by atoms with Crippen LogP contribution in [0.1, 0.15) is 29.8 Å². The normalized spacial score (nSPS) is 12.0. The fourth-order valence-corrected chi connectivity index (χ4v) is 2.97. The van der Waals surface area contributed by atoms with E-state index in [1.54, 1.807) is 36.9 Å². The van der Waals surface area contributed by atoms with Crippen molar-refractivity contribution in [2.24, 2.45) is 0 Å². The molecular formula is C19H20FN5O3. The van der Waals surface area contributed by atoms with E-state index in [1.165, 1.54) is 18.3 Å². The van der Waals surface area contributed by atoms with E-state index in [4.69, 9.17) is 0 Å². The largest absolute Gasteiger partial charge is 0.348 e. The minimum Gasteiger partial charge on any atom is -0.348 e. The lowest BCUT2D eigenvalue weighted by Gasteiger charge is -2.15. The fraction of sp³-hybridized carbons (Fsp3) is 0.263. The van der Waals surface area contributed by atoms with Crippen LogP contribution in [-0.2, 0) is 11.3 Å². The maximum atomic E-state index is 13.5. The van der Waals surface area contributed by atoms with Crippen LogP contribution in [0.3, 0.4) is 0 Å². The molecular weight excluding hydrogens is 365 g/mol.